The van der Waals surface area contributed by atoms with Crippen molar-refractivity contribution in [2.24, 2.45) is 0 Å². The number of hydrogen-bond donors (Lipinski definition) is 0. The lowest BCUT2D eigenvalue weighted by Gasteiger charge is -2.31. The van der Waals surface area contributed by atoms with Crippen molar-refractivity contribution in [2.75, 3.05) is 27.2 Å². The molecular formula is C26H28FN7O. The summed E-state index contributed by atoms with van der Waals surface area (Å²) < 4.78 is 22.6. The number of ether oxygens (including phenoxy) is 1. The maximum atomic E-state index is 15.4. The van der Waals surface area contributed by atoms with Crippen LogP contribution in [-0.4, -0.2) is 73.6 Å². The van der Waals surface area contributed by atoms with E-state index in [0.29, 0.717) is 40.3 Å². The van der Waals surface area contributed by atoms with Crippen LogP contribution in [0.1, 0.15) is 23.2 Å². The van der Waals surface area contributed by atoms with E-state index in [0.717, 1.165) is 30.8 Å². The van der Waals surface area contributed by atoms with E-state index in [1.165, 1.54) is 13.5 Å². The highest BCUT2D eigenvalue weighted by Crippen LogP contribution is 2.31. The van der Waals surface area contributed by atoms with Crippen LogP contribution in [0.15, 0.2) is 42.7 Å². The summed E-state index contributed by atoms with van der Waals surface area (Å²) in [5, 5.41) is 0. The average Bonchev–Trinajstić information content (AvgIpc) is 3.54. The first kappa shape index (κ1) is 22.1. The summed E-state index contributed by atoms with van der Waals surface area (Å²) in [6, 6.07) is 10.9. The van der Waals surface area contributed by atoms with Gasteiger partial charge in [0.2, 0.25) is 0 Å². The number of methoxy groups -OCH3 is 1. The minimum atomic E-state index is -0.222. The van der Waals surface area contributed by atoms with Crippen molar-refractivity contribution < 1.29 is 9.13 Å². The predicted octanol–water partition coefficient (Wildman–Crippen LogP) is 3.28. The van der Waals surface area contributed by atoms with E-state index in [1.807, 2.05) is 35.8 Å². The zero-order valence-corrected chi connectivity index (χ0v) is 20.1. The molecule has 2 atom stereocenters. The molecule has 180 valence electrons. The van der Waals surface area contributed by atoms with Crippen LogP contribution in [0.5, 0.6) is 6.01 Å². The largest absolute Gasteiger partial charge is 0.467 e. The molecule has 2 fully saturated rings. The normalized spacial score (nSPS) is 20.2. The van der Waals surface area contributed by atoms with Crippen LogP contribution in [0.4, 0.5) is 4.39 Å². The molecule has 6 rings (SSSR count). The second-order valence-corrected chi connectivity index (χ2v) is 9.57. The van der Waals surface area contributed by atoms with Gasteiger partial charge < -0.3 is 14.2 Å². The Hall–Kier alpha value is -3.43. The lowest BCUT2D eigenvalue weighted by atomic mass is 10.1. The van der Waals surface area contributed by atoms with Gasteiger partial charge in [0.1, 0.15) is 17.2 Å². The molecule has 0 radical (unpaired) electrons. The minimum Gasteiger partial charge on any atom is -0.467 e. The SMILES string of the molecule is COc1nc(C)c2nc(-c3cccnc3)n(Cc3ccc(CN4CC5CC4CN5C)cc3F)c2n1. The maximum Gasteiger partial charge on any atom is 0.318 e. The van der Waals surface area contributed by atoms with Gasteiger partial charge in [0, 0.05) is 55.2 Å². The molecule has 0 saturated carbocycles. The van der Waals surface area contributed by atoms with Crippen LogP contribution in [0.25, 0.3) is 22.6 Å². The molecule has 9 heteroatoms. The first-order valence-corrected chi connectivity index (χ1v) is 11.9. The van der Waals surface area contributed by atoms with E-state index in [2.05, 4.69) is 31.8 Å². The number of halogens is 1. The summed E-state index contributed by atoms with van der Waals surface area (Å²) in [6.07, 6.45) is 4.68. The lowest BCUT2D eigenvalue weighted by Crippen LogP contribution is -2.43. The molecule has 3 aromatic heterocycles. The minimum absolute atomic E-state index is 0.222. The Labute approximate surface area is 203 Å². The van der Waals surface area contributed by atoms with Crippen molar-refractivity contribution >= 4 is 11.2 Å². The number of likely N-dealkylation sites (tertiary alicyclic amines) is 2. The predicted molar refractivity (Wildman–Crippen MR) is 131 cm³/mol. The monoisotopic (exact) mass is 473 g/mol. The molecule has 4 aromatic rings. The standard InChI is InChI=1S/C26H28FN7O/c1-16-23-25(31-26(29-16)35-3)34(24(30-23)18-5-4-8-28-11-18)13-19-7-6-17(9-22(19)27)12-33-15-20-10-21(33)14-32(20)2/h4-9,11,20-21H,10,12-15H2,1-3H3. The second-order valence-electron chi connectivity index (χ2n) is 9.57. The number of imidazole rings is 1. The highest BCUT2D eigenvalue weighted by Gasteiger charge is 2.41. The Morgan fingerprint density at radius 1 is 1.09 bits per heavy atom. The van der Waals surface area contributed by atoms with Crippen molar-refractivity contribution in [2.45, 2.75) is 38.5 Å². The van der Waals surface area contributed by atoms with E-state index in [4.69, 9.17) is 9.72 Å². The molecular weight excluding hydrogens is 445 g/mol. The van der Waals surface area contributed by atoms with Crippen molar-refractivity contribution in [1.82, 2.24) is 34.3 Å². The van der Waals surface area contributed by atoms with Gasteiger partial charge in [-0.25, -0.2) is 9.37 Å². The number of aromatic nitrogens is 5. The molecule has 0 spiro atoms. The lowest BCUT2D eigenvalue weighted by molar-refractivity contribution is 0.143. The molecule has 2 aliphatic heterocycles. The molecule has 2 unspecified atom stereocenters. The van der Waals surface area contributed by atoms with Gasteiger partial charge in [-0.3, -0.25) is 9.88 Å². The highest BCUT2D eigenvalue weighted by atomic mass is 19.1. The van der Waals surface area contributed by atoms with Crippen molar-refractivity contribution in [1.29, 1.82) is 0 Å². The van der Waals surface area contributed by atoms with Crippen molar-refractivity contribution in [3.8, 4) is 17.4 Å². The van der Waals surface area contributed by atoms with Crippen LogP contribution in [-0.2, 0) is 13.1 Å². The molecule has 35 heavy (non-hydrogen) atoms. The number of likely N-dealkylation sites (N-methyl/N-ethyl adjacent to an activating group) is 1. The Morgan fingerprint density at radius 2 is 1.97 bits per heavy atom. The third-order valence-corrected chi connectivity index (χ3v) is 7.31. The first-order valence-electron chi connectivity index (χ1n) is 11.9. The van der Waals surface area contributed by atoms with Gasteiger partial charge in [0.25, 0.3) is 0 Å². The Balaban J connectivity index is 1.34. The van der Waals surface area contributed by atoms with E-state index in [-0.39, 0.29) is 18.4 Å². The molecule has 2 saturated heterocycles. The Morgan fingerprint density at radius 3 is 2.66 bits per heavy atom. The van der Waals surface area contributed by atoms with E-state index in [1.54, 1.807) is 18.5 Å². The fourth-order valence-electron chi connectivity index (χ4n) is 5.43. The third-order valence-electron chi connectivity index (χ3n) is 7.31. The van der Waals surface area contributed by atoms with Crippen LogP contribution >= 0.6 is 0 Å². The topological polar surface area (TPSA) is 72.2 Å². The van der Waals surface area contributed by atoms with Crippen LogP contribution < -0.4 is 4.74 Å². The quantitative estimate of drug-likeness (QED) is 0.426. The number of benzene rings is 1. The zero-order chi connectivity index (χ0) is 24.1. The van der Waals surface area contributed by atoms with E-state index < -0.39 is 0 Å². The number of hydrogen-bond acceptors (Lipinski definition) is 7. The molecule has 5 heterocycles. The van der Waals surface area contributed by atoms with Gasteiger partial charge in [0.05, 0.1) is 19.3 Å². The van der Waals surface area contributed by atoms with E-state index in [9.17, 15) is 0 Å². The second kappa shape index (κ2) is 8.66. The molecule has 0 N–H and O–H groups in total. The van der Waals surface area contributed by atoms with Crippen LogP contribution in [0.3, 0.4) is 0 Å². The van der Waals surface area contributed by atoms with Gasteiger partial charge in [-0.1, -0.05) is 12.1 Å². The summed E-state index contributed by atoms with van der Waals surface area (Å²) in [7, 11) is 3.73. The Kier molecular flexibility index (Phi) is 5.46. The number of aryl methyl sites for hydroxylation is 1. The van der Waals surface area contributed by atoms with Crippen molar-refractivity contribution in [3.63, 3.8) is 0 Å². The summed E-state index contributed by atoms with van der Waals surface area (Å²) in [5.41, 5.74) is 4.39. The zero-order valence-electron chi connectivity index (χ0n) is 20.1. The molecule has 1 aromatic carbocycles. The number of nitrogens with zero attached hydrogens (tertiary/aromatic N) is 7. The fraction of sp³-hybridized carbons (Fsp3) is 0.385. The maximum absolute atomic E-state index is 15.4. The number of fused-ring (bicyclic) bond motifs is 3. The van der Waals surface area contributed by atoms with Crippen molar-refractivity contribution in [3.05, 3.63) is 65.4 Å². The average molecular weight is 474 g/mol. The van der Waals surface area contributed by atoms with Crippen LogP contribution in [0, 0.1) is 12.7 Å². The summed E-state index contributed by atoms with van der Waals surface area (Å²) in [5.74, 6) is 0.445. The van der Waals surface area contributed by atoms with E-state index >= 15 is 4.39 Å². The van der Waals surface area contributed by atoms with Crippen LogP contribution in [0.2, 0.25) is 0 Å². The summed E-state index contributed by atoms with van der Waals surface area (Å²) in [6.45, 7) is 5.09. The molecule has 0 aliphatic carbocycles. The molecule has 2 aliphatic rings. The molecule has 0 amide bonds. The van der Waals surface area contributed by atoms with Gasteiger partial charge in [-0.15, -0.1) is 0 Å². The Bertz CT molecular complexity index is 1390. The third kappa shape index (κ3) is 3.94. The molecule has 2 bridgehead atoms. The first-order chi connectivity index (χ1) is 17.0. The molecule has 8 nitrogen and oxygen atoms in total. The number of piperazine rings is 1. The summed E-state index contributed by atoms with van der Waals surface area (Å²) >= 11 is 0. The van der Waals surface area contributed by atoms with Gasteiger partial charge in [0.15, 0.2) is 5.65 Å². The van der Waals surface area contributed by atoms with Gasteiger partial charge >= 0.3 is 6.01 Å². The number of pyridine rings is 1. The highest BCUT2D eigenvalue weighted by molar-refractivity contribution is 5.79. The van der Waals surface area contributed by atoms with Gasteiger partial charge in [-0.05, 0) is 44.2 Å². The smallest absolute Gasteiger partial charge is 0.318 e. The summed E-state index contributed by atoms with van der Waals surface area (Å²) in [4.78, 5) is 22.9. The fourth-order valence-corrected chi connectivity index (χ4v) is 5.43. The van der Waals surface area contributed by atoms with Gasteiger partial charge in [-0.2, -0.15) is 9.97 Å². The number of rotatable bonds is 6.